The molecule has 0 bridgehead atoms. The summed E-state index contributed by atoms with van der Waals surface area (Å²) in [5, 5.41) is 15.8. The number of aromatic nitrogens is 2. The number of benzene rings is 2. The van der Waals surface area contributed by atoms with E-state index in [0.717, 1.165) is 39.6 Å². The maximum Gasteiger partial charge on any atom is 0.174 e. The van der Waals surface area contributed by atoms with E-state index in [4.69, 9.17) is 4.74 Å². The van der Waals surface area contributed by atoms with Crippen LogP contribution in [0.15, 0.2) is 65.4 Å². The number of ether oxygens (including phenoxy) is 1. The van der Waals surface area contributed by atoms with E-state index in [1.54, 1.807) is 14.2 Å². The fourth-order valence-electron chi connectivity index (χ4n) is 3.11. The third-order valence-electron chi connectivity index (χ3n) is 4.41. The number of aliphatic imine (C=N–C) groups is 1. The number of rotatable bonds is 4. The van der Waals surface area contributed by atoms with Gasteiger partial charge in [-0.2, -0.15) is 5.10 Å². The number of allylic oxidation sites excluding steroid dienone is 1. The van der Waals surface area contributed by atoms with E-state index in [9.17, 15) is 0 Å². The first-order chi connectivity index (χ1) is 13.2. The number of nitrogens with zero attached hydrogens (tertiary/aromatic N) is 3. The highest BCUT2D eigenvalue weighted by molar-refractivity contribution is 5.94. The highest BCUT2D eigenvalue weighted by Gasteiger charge is 2.16. The van der Waals surface area contributed by atoms with Gasteiger partial charge < -0.3 is 20.7 Å². The van der Waals surface area contributed by atoms with Crippen molar-refractivity contribution in [3.63, 3.8) is 0 Å². The summed E-state index contributed by atoms with van der Waals surface area (Å²) in [5.74, 6) is 1.58. The highest BCUT2D eigenvalue weighted by atomic mass is 16.5. The molecule has 0 amide bonds. The maximum absolute atomic E-state index is 5.54. The molecule has 0 aliphatic carbocycles. The van der Waals surface area contributed by atoms with E-state index in [1.165, 1.54) is 0 Å². The molecule has 2 heterocycles. The fraction of sp³-hybridized carbons (Fsp3) is 0.200. The fourth-order valence-corrected chi connectivity index (χ4v) is 3.11. The van der Waals surface area contributed by atoms with Crippen molar-refractivity contribution in [2.75, 3.05) is 19.5 Å². The van der Waals surface area contributed by atoms with Gasteiger partial charge in [-0.05, 0) is 37.3 Å². The van der Waals surface area contributed by atoms with Crippen LogP contribution in [-0.2, 0) is 0 Å². The first-order valence-corrected chi connectivity index (χ1v) is 8.74. The summed E-state index contributed by atoms with van der Waals surface area (Å²) in [4.78, 5) is 4.22. The summed E-state index contributed by atoms with van der Waals surface area (Å²) >= 11 is 0. The van der Waals surface area contributed by atoms with Crippen molar-refractivity contribution >= 4 is 22.4 Å². The summed E-state index contributed by atoms with van der Waals surface area (Å²) in [7, 11) is 3.43. The zero-order valence-electron chi connectivity index (χ0n) is 15.5. The smallest absolute Gasteiger partial charge is 0.174 e. The Balaban J connectivity index is 1.66. The largest absolute Gasteiger partial charge is 0.494 e. The lowest BCUT2D eigenvalue weighted by Gasteiger charge is -2.28. The molecule has 2 aromatic carbocycles. The van der Waals surface area contributed by atoms with E-state index in [-0.39, 0.29) is 6.29 Å². The predicted molar refractivity (Wildman–Crippen MR) is 108 cm³/mol. The minimum absolute atomic E-state index is 0.161. The maximum atomic E-state index is 5.54. The first kappa shape index (κ1) is 17.0. The zero-order valence-corrected chi connectivity index (χ0v) is 15.5. The van der Waals surface area contributed by atoms with Crippen molar-refractivity contribution in [2.45, 2.75) is 13.2 Å². The van der Waals surface area contributed by atoms with Crippen molar-refractivity contribution in [1.29, 1.82) is 0 Å². The van der Waals surface area contributed by atoms with Crippen LogP contribution in [0.4, 0.5) is 5.69 Å². The van der Waals surface area contributed by atoms with Gasteiger partial charge in [0.25, 0.3) is 0 Å². The molecule has 1 aromatic heterocycles. The summed E-state index contributed by atoms with van der Waals surface area (Å²) in [6, 6.07) is 14.0. The Morgan fingerprint density at radius 3 is 2.81 bits per heavy atom. The van der Waals surface area contributed by atoms with Gasteiger partial charge in [0.1, 0.15) is 17.3 Å². The molecule has 3 aromatic rings. The second-order valence-corrected chi connectivity index (χ2v) is 6.32. The first-order valence-electron chi connectivity index (χ1n) is 8.74. The molecule has 0 saturated carbocycles. The van der Waals surface area contributed by atoms with Crippen LogP contribution in [0.5, 0.6) is 5.75 Å². The van der Waals surface area contributed by atoms with Gasteiger partial charge in [0.05, 0.1) is 12.6 Å². The van der Waals surface area contributed by atoms with Gasteiger partial charge in [0.2, 0.25) is 0 Å². The van der Waals surface area contributed by atoms with Crippen LogP contribution in [0.2, 0.25) is 0 Å². The lowest BCUT2D eigenvalue weighted by Crippen LogP contribution is -2.52. The molecular weight excluding hydrogens is 340 g/mol. The van der Waals surface area contributed by atoms with Crippen LogP contribution in [0.3, 0.4) is 0 Å². The van der Waals surface area contributed by atoms with Gasteiger partial charge in [-0.3, -0.25) is 4.99 Å². The molecule has 3 N–H and O–H groups in total. The summed E-state index contributed by atoms with van der Waals surface area (Å²) in [6.07, 6.45) is 3.81. The monoisotopic (exact) mass is 362 g/mol. The Hall–Kier alpha value is -3.48. The lowest BCUT2D eigenvalue weighted by molar-refractivity contribution is 0.412. The number of hydrogen-bond donors (Lipinski definition) is 3. The molecular formula is C20H22N6O. The van der Waals surface area contributed by atoms with Crippen molar-refractivity contribution in [2.24, 2.45) is 4.99 Å². The molecule has 1 atom stereocenters. The molecule has 27 heavy (non-hydrogen) atoms. The summed E-state index contributed by atoms with van der Waals surface area (Å²) in [6.45, 7) is 2.01. The van der Waals surface area contributed by atoms with Crippen LogP contribution >= 0.6 is 0 Å². The second-order valence-electron chi connectivity index (χ2n) is 6.32. The Kier molecular flexibility index (Phi) is 4.42. The summed E-state index contributed by atoms with van der Waals surface area (Å²) < 4.78 is 7.39. The minimum Gasteiger partial charge on any atom is -0.494 e. The molecule has 7 nitrogen and oxygen atoms in total. The molecule has 4 rings (SSSR count). The van der Waals surface area contributed by atoms with E-state index >= 15 is 0 Å². The lowest BCUT2D eigenvalue weighted by atomic mass is 10.2. The van der Waals surface area contributed by atoms with Crippen LogP contribution in [-0.4, -0.2) is 36.1 Å². The quantitative estimate of drug-likeness (QED) is 0.665. The third-order valence-corrected chi connectivity index (χ3v) is 4.41. The van der Waals surface area contributed by atoms with E-state index in [1.807, 2.05) is 66.3 Å². The Morgan fingerprint density at radius 2 is 2.04 bits per heavy atom. The molecule has 1 aliphatic rings. The van der Waals surface area contributed by atoms with Crippen molar-refractivity contribution in [3.05, 3.63) is 60.4 Å². The van der Waals surface area contributed by atoms with Crippen LogP contribution in [0.25, 0.3) is 16.6 Å². The van der Waals surface area contributed by atoms with Crippen LogP contribution < -0.4 is 20.7 Å². The van der Waals surface area contributed by atoms with Gasteiger partial charge in [-0.1, -0.05) is 18.2 Å². The molecule has 0 fully saturated rings. The van der Waals surface area contributed by atoms with E-state index < -0.39 is 0 Å². The molecule has 0 saturated heterocycles. The van der Waals surface area contributed by atoms with Crippen LogP contribution in [0, 0.1) is 0 Å². The molecule has 1 unspecified atom stereocenters. The number of hydrogen-bond acceptors (Lipinski definition) is 5. The predicted octanol–water partition coefficient (Wildman–Crippen LogP) is 2.85. The number of fused-ring (bicyclic) bond motifs is 1. The van der Waals surface area contributed by atoms with Crippen molar-refractivity contribution < 1.29 is 4.74 Å². The normalized spacial score (nSPS) is 18.0. The second kappa shape index (κ2) is 7.03. The van der Waals surface area contributed by atoms with Crippen LogP contribution in [0.1, 0.15) is 6.92 Å². The Morgan fingerprint density at radius 1 is 1.19 bits per heavy atom. The molecule has 7 heteroatoms. The zero-order chi connectivity index (χ0) is 18.8. The van der Waals surface area contributed by atoms with Gasteiger partial charge in [0.15, 0.2) is 6.29 Å². The average molecular weight is 362 g/mol. The topological polar surface area (TPSA) is 75.5 Å². The SMILES string of the molecule is CN=C1C=C(C)NC(Nc2ccc(OC)c(-n3cc4ccccc4n3)c2)N1. The molecule has 138 valence electrons. The number of nitrogens with one attached hydrogen (secondary N) is 3. The molecule has 0 spiro atoms. The van der Waals surface area contributed by atoms with E-state index in [0.29, 0.717) is 0 Å². The average Bonchev–Trinajstić information content (AvgIpc) is 3.11. The molecule has 0 radical (unpaired) electrons. The van der Waals surface area contributed by atoms with Gasteiger partial charge >= 0.3 is 0 Å². The number of anilines is 1. The van der Waals surface area contributed by atoms with Gasteiger partial charge in [-0.15, -0.1) is 0 Å². The minimum atomic E-state index is -0.161. The molecule has 1 aliphatic heterocycles. The van der Waals surface area contributed by atoms with Crippen molar-refractivity contribution in [1.82, 2.24) is 20.4 Å². The van der Waals surface area contributed by atoms with Gasteiger partial charge in [0, 0.05) is 30.0 Å². The third kappa shape index (κ3) is 3.44. The standard InChI is InChI=1S/C20H22N6O/c1-13-10-19(21-2)24-20(22-13)23-15-8-9-18(27-3)17(11-15)26-12-14-6-4-5-7-16(14)25-26/h4-12,20,22-23H,1-3H3,(H,21,24). The number of methoxy groups -OCH3 is 1. The van der Waals surface area contributed by atoms with Gasteiger partial charge in [-0.25, -0.2) is 4.68 Å². The Labute approximate surface area is 157 Å². The highest BCUT2D eigenvalue weighted by Crippen LogP contribution is 2.27. The Bertz CT molecular complexity index is 1000. The number of amidine groups is 1. The summed E-state index contributed by atoms with van der Waals surface area (Å²) in [5.41, 5.74) is 3.78. The van der Waals surface area contributed by atoms with Crippen molar-refractivity contribution in [3.8, 4) is 11.4 Å². The van der Waals surface area contributed by atoms with E-state index in [2.05, 4.69) is 26.0 Å².